The Morgan fingerprint density at radius 2 is 1.88 bits per heavy atom. The molecular weight excluding hydrogens is 339 g/mol. The van der Waals surface area contributed by atoms with Crippen LogP contribution in [-0.2, 0) is 27.0 Å². The average Bonchev–Trinajstić information content (AvgIpc) is 2.52. The van der Waals surface area contributed by atoms with Crippen molar-refractivity contribution in [2.24, 2.45) is 5.92 Å². The number of benzene rings is 1. The Morgan fingerprint density at radius 3 is 2.40 bits per heavy atom. The molecular formula is C17H18F3NO4. The molecule has 0 heterocycles. The van der Waals surface area contributed by atoms with E-state index < -0.39 is 35.6 Å². The molecule has 2 atom stereocenters. The zero-order chi connectivity index (χ0) is 18.6. The van der Waals surface area contributed by atoms with E-state index in [0.717, 1.165) is 12.1 Å². The van der Waals surface area contributed by atoms with Crippen molar-refractivity contribution in [3.05, 3.63) is 35.4 Å². The average molecular weight is 357 g/mol. The van der Waals surface area contributed by atoms with Gasteiger partial charge < -0.3 is 10.4 Å². The fraction of sp³-hybridized carbons (Fsp3) is 0.471. The van der Waals surface area contributed by atoms with Gasteiger partial charge in [-0.2, -0.15) is 13.2 Å². The van der Waals surface area contributed by atoms with Gasteiger partial charge in [0.2, 0.25) is 5.91 Å². The molecule has 0 spiro atoms. The molecule has 0 saturated heterocycles. The largest absolute Gasteiger partial charge is 0.480 e. The Hall–Kier alpha value is -2.38. The van der Waals surface area contributed by atoms with Crippen LogP contribution in [0.3, 0.4) is 0 Å². The first kappa shape index (κ1) is 19.0. The predicted octanol–water partition coefficient (Wildman–Crippen LogP) is 2.58. The summed E-state index contributed by atoms with van der Waals surface area (Å²) in [5.74, 6) is -2.32. The van der Waals surface area contributed by atoms with Gasteiger partial charge in [-0.1, -0.05) is 12.1 Å². The Morgan fingerprint density at radius 1 is 1.24 bits per heavy atom. The summed E-state index contributed by atoms with van der Waals surface area (Å²) in [7, 11) is 0. The van der Waals surface area contributed by atoms with Gasteiger partial charge in [0.05, 0.1) is 12.0 Å². The molecule has 1 fully saturated rings. The van der Waals surface area contributed by atoms with Crippen LogP contribution in [0.5, 0.6) is 0 Å². The van der Waals surface area contributed by atoms with Crippen molar-refractivity contribution in [1.82, 2.24) is 5.32 Å². The molecule has 136 valence electrons. The number of carboxylic acids is 1. The van der Waals surface area contributed by atoms with Crippen LogP contribution in [0.25, 0.3) is 0 Å². The lowest BCUT2D eigenvalue weighted by Crippen LogP contribution is -2.47. The van der Waals surface area contributed by atoms with E-state index in [4.69, 9.17) is 0 Å². The second-order valence-corrected chi connectivity index (χ2v) is 6.15. The topological polar surface area (TPSA) is 83.5 Å². The molecule has 0 aromatic heterocycles. The highest BCUT2D eigenvalue weighted by Gasteiger charge is 2.33. The van der Waals surface area contributed by atoms with Crippen LogP contribution in [0.4, 0.5) is 13.2 Å². The van der Waals surface area contributed by atoms with Crippen molar-refractivity contribution >= 4 is 17.7 Å². The molecule has 1 aromatic rings. The summed E-state index contributed by atoms with van der Waals surface area (Å²) in [5, 5.41) is 11.7. The fourth-order valence-corrected chi connectivity index (χ4v) is 2.95. The number of alkyl halides is 3. The van der Waals surface area contributed by atoms with E-state index in [2.05, 4.69) is 5.32 Å². The van der Waals surface area contributed by atoms with Gasteiger partial charge in [-0.15, -0.1) is 0 Å². The highest BCUT2D eigenvalue weighted by Crippen LogP contribution is 2.29. The van der Waals surface area contributed by atoms with Crippen LogP contribution in [0, 0.1) is 5.92 Å². The van der Waals surface area contributed by atoms with Gasteiger partial charge in [0.25, 0.3) is 0 Å². The van der Waals surface area contributed by atoms with Gasteiger partial charge in [0.1, 0.15) is 11.8 Å². The molecule has 8 heteroatoms. The van der Waals surface area contributed by atoms with Gasteiger partial charge in [-0.3, -0.25) is 9.59 Å². The molecule has 2 N–H and O–H groups in total. The van der Waals surface area contributed by atoms with Gasteiger partial charge >= 0.3 is 12.1 Å². The van der Waals surface area contributed by atoms with Gasteiger partial charge in [0, 0.05) is 12.8 Å². The second kappa shape index (κ2) is 7.67. The highest BCUT2D eigenvalue weighted by molar-refractivity contribution is 5.86. The summed E-state index contributed by atoms with van der Waals surface area (Å²) in [4.78, 5) is 34.9. The van der Waals surface area contributed by atoms with E-state index >= 15 is 0 Å². The molecule has 1 amide bonds. The summed E-state index contributed by atoms with van der Waals surface area (Å²) in [6.45, 7) is 0. The molecule has 5 nitrogen and oxygen atoms in total. The number of rotatable bonds is 5. The molecule has 0 unspecified atom stereocenters. The van der Waals surface area contributed by atoms with E-state index in [1.807, 2.05) is 0 Å². The zero-order valence-corrected chi connectivity index (χ0v) is 13.3. The minimum atomic E-state index is -4.46. The van der Waals surface area contributed by atoms with Gasteiger partial charge in [-0.25, -0.2) is 4.79 Å². The molecule has 0 bridgehead atoms. The van der Waals surface area contributed by atoms with Crippen LogP contribution in [0.2, 0.25) is 0 Å². The molecule has 1 aliphatic carbocycles. The molecule has 2 rings (SSSR count). The SMILES string of the molecule is O=C1CCC[C@@H]([C@H](NC(=O)Cc2ccc(C(F)(F)F)cc2)C(=O)O)C1. The van der Waals surface area contributed by atoms with E-state index in [9.17, 15) is 32.7 Å². The summed E-state index contributed by atoms with van der Waals surface area (Å²) >= 11 is 0. The monoisotopic (exact) mass is 357 g/mol. The Balaban J connectivity index is 1.99. The third kappa shape index (κ3) is 5.30. The Kier molecular flexibility index (Phi) is 5.81. The molecule has 0 radical (unpaired) electrons. The maximum atomic E-state index is 12.5. The second-order valence-electron chi connectivity index (χ2n) is 6.15. The first-order valence-electron chi connectivity index (χ1n) is 7.87. The number of amides is 1. The maximum absolute atomic E-state index is 12.5. The van der Waals surface area contributed by atoms with E-state index in [1.54, 1.807) is 0 Å². The first-order chi connectivity index (χ1) is 11.7. The van der Waals surface area contributed by atoms with Crippen molar-refractivity contribution in [1.29, 1.82) is 0 Å². The standard InChI is InChI=1S/C17H18F3NO4/c18-17(19,20)12-6-4-10(5-7-12)8-14(23)21-15(16(24)25)11-2-1-3-13(22)9-11/h4-7,11,15H,1-3,8-9H2,(H,21,23)(H,24,25)/t11-,15+/m1/s1. The van der Waals surface area contributed by atoms with Crippen molar-refractivity contribution in [2.45, 2.75) is 44.3 Å². The van der Waals surface area contributed by atoms with Crippen LogP contribution >= 0.6 is 0 Å². The third-order valence-corrected chi connectivity index (χ3v) is 4.22. The molecule has 1 aromatic carbocycles. The lowest BCUT2D eigenvalue weighted by atomic mass is 9.83. The summed E-state index contributed by atoms with van der Waals surface area (Å²) in [6.07, 6.45) is -3.05. The number of aliphatic carboxylic acids is 1. The number of carbonyl (C=O) groups is 3. The maximum Gasteiger partial charge on any atom is 0.416 e. The summed E-state index contributed by atoms with van der Waals surface area (Å²) < 4.78 is 37.5. The number of hydrogen-bond donors (Lipinski definition) is 2. The van der Waals surface area contributed by atoms with Crippen LogP contribution in [0.1, 0.15) is 36.8 Å². The van der Waals surface area contributed by atoms with Crippen LogP contribution < -0.4 is 5.32 Å². The quantitative estimate of drug-likeness (QED) is 0.848. The number of carboxylic acid groups (broad SMARTS) is 1. The fourth-order valence-electron chi connectivity index (χ4n) is 2.95. The van der Waals surface area contributed by atoms with Crippen LogP contribution in [0.15, 0.2) is 24.3 Å². The molecule has 0 aliphatic heterocycles. The first-order valence-corrected chi connectivity index (χ1v) is 7.87. The van der Waals surface area contributed by atoms with Crippen molar-refractivity contribution in [2.75, 3.05) is 0 Å². The number of halogens is 3. The summed E-state index contributed by atoms with van der Waals surface area (Å²) in [6, 6.07) is 2.94. The molecule has 25 heavy (non-hydrogen) atoms. The van der Waals surface area contributed by atoms with Crippen LogP contribution in [-0.4, -0.2) is 28.8 Å². The number of carbonyl (C=O) groups excluding carboxylic acids is 2. The van der Waals surface area contributed by atoms with Crippen molar-refractivity contribution in [3.8, 4) is 0 Å². The Bertz CT molecular complexity index is 655. The zero-order valence-electron chi connectivity index (χ0n) is 13.3. The van der Waals surface area contributed by atoms with E-state index in [-0.39, 0.29) is 18.6 Å². The molecule has 1 aliphatic rings. The van der Waals surface area contributed by atoms with Crippen molar-refractivity contribution in [3.63, 3.8) is 0 Å². The van der Waals surface area contributed by atoms with Crippen molar-refractivity contribution < 1.29 is 32.7 Å². The lowest BCUT2D eigenvalue weighted by Gasteiger charge is -2.27. The highest BCUT2D eigenvalue weighted by atomic mass is 19.4. The summed E-state index contributed by atoms with van der Waals surface area (Å²) in [5.41, 5.74) is -0.477. The predicted molar refractivity (Wildman–Crippen MR) is 81.7 cm³/mol. The minimum absolute atomic E-state index is 0.0283. The normalized spacial score (nSPS) is 19.3. The number of hydrogen-bond acceptors (Lipinski definition) is 3. The lowest BCUT2D eigenvalue weighted by molar-refractivity contribution is -0.144. The molecule has 1 saturated carbocycles. The Labute approximate surface area is 142 Å². The number of nitrogens with one attached hydrogen (secondary N) is 1. The number of Topliss-reactive ketones (excluding diaryl/α,β-unsaturated/α-hetero) is 1. The van der Waals surface area contributed by atoms with E-state index in [1.165, 1.54) is 12.1 Å². The van der Waals surface area contributed by atoms with Gasteiger partial charge in [-0.05, 0) is 36.5 Å². The minimum Gasteiger partial charge on any atom is -0.480 e. The smallest absolute Gasteiger partial charge is 0.416 e. The van der Waals surface area contributed by atoms with Gasteiger partial charge in [0.15, 0.2) is 0 Å². The third-order valence-electron chi connectivity index (χ3n) is 4.22. The number of ketones is 1. The van der Waals surface area contributed by atoms with E-state index in [0.29, 0.717) is 24.8 Å².